The van der Waals surface area contributed by atoms with Gasteiger partial charge in [-0.2, -0.15) is 0 Å². The Hall–Kier alpha value is -1.33. The summed E-state index contributed by atoms with van der Waals surface area (Å²) < 4.78 is 5.79. The smallest absolute Gasteiger partial charge is 0.338 e. The second kappa shape index (κ2) is 6.02. The number of thioether (sulfide) groups is 1. The number of nitrogens with zero attached hydrogens (tertiary/aromatic N) is 1. The van der Waals surface area contributed by atoms with Crippen LogP contribution in [0.2, 0.25) is 0 Å². The molecule has 1 heterocycles. The lowest BCUT2D eigenvalue weighted by molar-refractivity contribution is 0.0600. The van der Waals surface area contributed by atoms with Crippen LogP contribution in [0, 0.1) is 6.92 Å². The Kier molecular flexibility index (Phi) is 4.38. The molecule has 0 unspecified atom stereocenters. The molecular formula is C13H13NO2S2. The van der Waals surface area contributed by atoms with Crippen molar-refractivity contribution < 1.29 is 9.53 Å². The minimum Gasteiger partial charge on any atom is -0.465 e. The van der Waals surface area contributed by atoms with Gasteiger partial charge in [-0.05, 0) is 18.6 Å². The van der Waals surface area contributed by atoms with E-state index < -0.39 is 0 Å². The van der Waals surface area contributed by atoms with Crippen molar-refractivity contribution in [1.82, 2.24) is 4.98 Å². The largest absolute Gasteiger partial charge is 0.465 e. The third kappa shape index (κ3) is 3.11. The zero-order valence-corrected chi connectivity index (χ0v) is 11.8. The lowest BCUT2D eigenvalue weighted by atomic mass is 10.1. The number of esters is 1. The summed E-state index contributed by atoms with van der Waals surface area (Å²) in [5.74, 6) is 0.430. The predicted octanol–water partition coefficient (Wildman–Crippen LogP) is 3.53. The SMILES string of the molecule is COC(=O)c1ccccc1CSc1nc(C)cs1. The van der Waals surface area contributed by atoms with E-state index in [0.717, 1.165) is 21.3 Å². The maximum atomic E-state index is 11.6. The van der Waals surface area contributed by atoms with Gasteiger partial charge in [0.05, 0.1) is 12.7 Å². The van der Waals surface area contributed by atoms with E-state index in [1.165, 1.54) is 7.11 Å². The Balaban J connectivity index is 2.11. The molecule has 94 valence electrons. The second-order valence-corrected chi connectivity index (χ2v) is 5.77. The minimum absolute atomic E-state index is 0.290. The Labute approximate surface area is 114 Å². The topological polar surface area (TPSA) is 39.2 Å². The van der Waals surface area contributed by atoms with Gasteiger partial charge < -0.3 is 4.74 Å². The summed E-state index contributed by atoms with van der Waals surface area (Å²) in [6, 6.07) is 7.50. The fourth-order valence-electron chi connectivity index (χ4n) is 1.49. The maximum Gasteiger partial charge on any atom is 0.338 e. The predicted molar refractivity (Wildman–Crippen MR) is 74.2 cm³/mol. The lowest BCUT2D eigenvalue weighted by Crippen LogP contribution is -2.04. The molecule has 0 saturated carbocycles. The number of hydrogen-bond donors (Lipinski definition) is 0. The number of thiazole rings is 1. The fourth-order valence-corrected chi connectivity index (χ4v) is 3.35. The summed E-state index contributed by atoms with van der Waals surface area (Å²) in [7, 11) is 1.40. The molecule has 3 nitrogen and oxygen atoms in total. The Morgan fingerprint density at radius 3 is 2.89 bits per heavy atom. The molecule has 1 aromatic carbocycles. The highest BCUT2D eigenvalue weighted by Crippen LogP contribution is 2.27. The number of carbonyl (C=O) groups is 1. The van der Waals surface area contributed by atoms with Crippen molar-refractivity contribution >= 4 is 29.1 Å². The second-order valence-electron chi connectivity index (χ2n) is 3.69. The van der Waals surface area contributed by atoms with Gasteiger partial charge in [-0.3, -0.25) is 0 Å². The van der Waals surface area contributed by atoms with Crippen LogP contribution in [0.5, 0.6) is 0 Å². The normalized spacial score (nSPS) is 10.3. The number of ether oxygens (including phenoxy) is 1. The fraction of sp³-hybridized carbons (Fsp3) is 0.231. The molecular weight excluding hydrogens is 266 g/mol. The molecule has 0 atom stereocenters. The van der Waals surface area contributed by atoms with Gasteiger partial charge >= 0.3 is 5.97 Å². The Morgan fingerprint density at radius 2 is 2.22 bits per heavy atom. The quantitative estimate of drug-likeness (QED) is 0.634. The standard InChI is InChI=1S/C13H13NO2S2/c1-9-7-17-13(14-9)18-8-10-5-3-4-6-11(10)12(15)16-2/h3-7H,8H2,1-2H3. The molecule has 0 aliphatic heterocycles. The van der Waals surface area contributed by atoms with Gasteiger partial charge in [-0.1, -0.05) is 30.0 Å². The first-order chi connectivity index (χ1) is 8.70. The zero-order chi connectivity index (χ0) is 13.0. The highest BCUT2D eigenvalue weighted by atomic mass is 32.2. The number of benzene rings is 1. The Morgan fingerprint density at radius 1 is 1.44 bits per heavy atom. The van der Waals surface area contributed by atoms with Gasteiger partial charge in [0.15, 0.2) is 0 Å². The summed E-state index contributed by atoms with van der Waals surface area (Å²) in [6.07, 6.45) is 0. The van der Waals surface area contributed by atoms with E-state index in [-0.39, 0.29) is 5.97 Å². The van der Waals surface area contributed by atoms with Gasteiger partial charge in [-0.15, -0.1) is 11.3 Å². The molecule has 0 aliphatic carbocycles. The number of aryl methyl sites for hydroxylation is 1. The van der Waals surface area contributed by atoms with E-state index in [0.29, 0.717) is 5.56 Å². The zero-order valence-electron chi connectivity index (χ0n) is 10.2. The molecule has 0 fully saturated rings. The number of methoxy groups -OCH3 is 1. The van der Waals surface area contributed by atoms with Crippen LogP contribution in [0.1, 0.15) is 21.6 Å². The van der Waals surface area contributed by atoms with Crippen LogP contribution in [0.4, 0.5) is 0 Å². The van der Waals surface area contributed by atoms with E-state index in [9.17, 15) is 4.79 Å². The van der Waals surface area contributed by atoms with Crippen molar-refractivity contribution in [2.24, 2.45) is 0 Å². The third-order valence-corrected chi connectivity index (χ3v) is 4.56. The molecule has 5 heteroatoms. The lowest BCUT2D eigenvalue weighted by Gasteiger charge is -2.06. The monoisotopic (exact) mass is 279 g/mol. The average Bonchev–Trinajstić information content (AvgIpc) is 2.81. The molecule has 0 N–H and O–H groups in total. The van der Waals surface area contributed by atoms with Gasteiger partial charge in [0.1, 0.15) is 4.34 Å². The molecule has 0 radical (unpaired) electrons. The first kappa shape index (κ1) is 13.1. The van der Waals surface area contributed by atoms with Crippen molar-refractivity contribution in [3.05, 3.63) is 46.5 Å². The van der Waals surface area contributed by atoms with Gasteiger partial charge in [0, 0.05) is 16.8 Å². The van der Waals surface area contributed by atoms with Crippen LogP contribution in [-0.2, 0) is 10.5 Å². The molecule has 0 amide bonds. The van der Waals surface area contributed by atoms with Crippen LogP contribution >= 0.6 is 23.1 Å². The first-order valence-corrected chi connectivity index (χ1v) is 7.28. The number of rotatable bonds is 4. The van der Waals surface area contributed by atoms with E-state index in [4.69, 9.17) is 4.74 Å². The van der Waals surface area contributed by atoms with E-state index >= 15 is 0 Å². The molecule has 0 spiro atoms. The van der Waals surface area contributed by atoms with Crippen molar-refractivity contribution in [3.8, 4) is 0 Å². The molecule has 0 bridgehead atoms. The molecule has 2 rings (SSSR count). The summed E-state index contributed by atoms with van der Waals surface area (Å²) in [5, 5.41) is 2.02. The summed E-state index contributed by atoms with van der Waals surface area (Å²) in [4.78, 5) is 16.0. The molecule has 0 aliphatic rings. The van der Waals surface area contributed by atoms with Crippen molar-refractivity contribution in [2.75, 3.05) is 7.11 Å². The summed E-state index contributed by atoms with van der Waals surface area (Å²) in [6.45, 7) is 1.98. The van der Waals surface area contributed by atoms with Gasteiger partial charge in [-0.25, -0.2) is 9.78 Å². The molecule has 2 aromatic rings. The number of hydrogen-bond acceptors (Lipinski definition) is 5. The van der Waals surface area contributed by atoms with E-state index in [1.54, 1.807) is 29.2 Å². The molecule has 18 heavy (non-hydrogen) atoms. The van der Waals surface area contributed by atoms with Crippen LogP contribution < -0.4 is 0 Å². The van der Waals surface area contributed by atoms with Gasteiger partial charge in [0.2, 0.25) is 0 Å². The summed E-state index contributed by atoms with van der Waals surface area (Å²) in [5.41, 5.74) is 2.63. The van der Waals surface area contributed by atoms with Crippen molar-refractivity contribution in [3.63, 3.8) is 0 Å². The highest BCUT2D eigenvalue weighted by Gasteiger charge is 2.11. The third-order valence-electron chi connectivity index (χ3n) is 2.37. The maximum absolute atomic E-state index is 11.6. The molecule has 0 saturated heterocycles. The highest BCUT2D eigenvalue weighted by molar-refractivity contribution is 8.00. The van der Waals surface area contributed by atoms with Crippen LogP contribution in [0.25, 0.3) is 0 Å². The molecule has 1 aromatic heterocycles. The summed E-state index contributed by atoms with van der Waals surface area (Å²) >= 11 is 3.26. The Bertz CT molecular complexity index is 551. The van der Waals surface area contributed by atoms with Gasteiger partial charge in [0.25, 0.3) is 0 Å². The first-order valence-electron chi connectivity index (χ1n) is 5.42. The van der Waals surface area contributed by atoms with Crippen LogP contribution in [0.3, 0.4) is 0 Å². The number of carbonyl (C=O) groups excluding carboxylic acids is 1. The number of aromatic nitrogens is 1. The van der Waals surface area contributed by atoms with Crippen molar-refractivity contribution in [2.45, 2.75) is 17.0 Å². The van der Waals surface area contributed by atoms with Crippen LogP contribution in [-0.4, -0.2) is 18.1 Å². The average molecular weight is 279 g/mol. The van der Waals surface area contributed by atoms with Crippen molar-refractivity contribution in [1.29, 1.82) is 0 Å². The minimum atomic E-state index is -0.290. The van der Waals surface area contributed by atoms with Crippen LogP contribution in [0.15, 0.2) is 34.0 Å². The van der Waals surface area contributed by atoms with E-state index in [2.05, 4.69) is 4.98 Å². The van der Waals surface area contributed by atoms with E-state index in [1.807, 2.05) is 30.5 Å².